The highest BCUT2D eigenvalue weighted by Gasteiger charge is 2.25. The minimum Gasteiger partial charge on any atom is -0.495 e. The van der Waals surface area contributed by atoms with Gasteiger partial charge in [0.25, 0.3) is 0 Å². The number of fused-ring (bicyclic) bond motifs is 1. The molecule has 0 spiro atoms. The van der Waals surface area contributed by atoms with Gasteiger partial charge in [0.15, 0.2) is 5.75 Å². The number of para-hydroxylation sites is 1. The van der Waals surface area contributed by atoms with E-state index in [9.17, 15) is 8.42 Å². The maximum absolute atomic E-state index is 13.1. The maximum Gasteiger partial charge on any atom is 0.343 e. The average molecular weight is 385 g/mol. The quantitative estimate of drug-likeness (QED) is 0.593. The number of rotatable bonds is 5. The molecule has 142 valence electrons. The second kappa shape index (κ2) is 7.19. The van der Waals surface area contributed by atoms with E-state index < -0.39 is 10.1 Å². The molecule has 0 fully saturated rings. The monoisotopic (exact) mass is 385 g/mol. The lowest BCUT2D eigenvalue weighted by Gasteiger charge is -2.16. The van der Waals surface area contributed by atoms with Crippen molar-refractivity contribution in [1.29, 1.82) is 0 Å². The summed E-state index contributed by atoms with van der Waals surface area (Å²) in [5, 5.41) is 0.812. The SMILES string of the molecule is COc1cc(C)c(C(C)C)cc1S(=O)(=O)Oc1cccc2ccc(C)nc12. The van der Waals surface area contributed by atoms with Gasteiger partial charge in [-0.2, -0.15) is 8.42 Å². The fraction of sp³-hybridized carbons (Fsp3) is 0.286. The highest BCUT2D eigenvalue weighted by Crippen LogP contribution is 2.34. The van der Waals surface area contributed by atoms with Crippen molar-refractivity contribution >= 4 is 21.0 Å². The van der Waals surface area contributed by atoms with Gasteiger partial charge in [0.2, 0.25) is 0 Å². The Hall–Kier alpha value is -2.60. The Morgan fingerprint density at radius 1 is 1.00 bits per heavy atom. The molecule has 3 rings (SSSR count). The van der Waals surface area contributed by atoms with Crippen molar-refractivity contribution in [3.63, 3.8) is 0 Å². The molecule has 0 unspecified atom stereocenters. The van der Waals surface area contributed by atoms with Crippen molar-refractivity contribution in [3.8, 4) is 11.5 Å². The molecule has 27 heavy (non-hydrogen) atoms. The van der Waals surface area contributed by atoms with Gasteiger partial charge >= 0.3 is 10.1 Å². The number of aromatic nitrogens is 1. The van der Waals surface area contributed by atoms with Crippen LogP contribution in [0, 0.1) is 13.8 Å². The Morgan fingerprint density at radius 3 is 2.41 bits per heavy atom. The van der Waals surface area contributed by atoms with E-state index in [2.05, 4.69) is 4.98 Å². The van der Waals surface area contributed by atoms with Gasteiger partial charge in [0, 0.05) is 11.1 Å². The molecule has 6 heteroatoms. The van der Waals surface area contributed by atoms with Crippen LogP contribution in [0.25, 0.3) is 10.9 Å². The predicted octanol–water partition coefficient (Wildman–Crippen LogP) is 4.75. The number of methoxy groups -OCH3 is 1. The average Bonchev–Trinajstić information content (AvgIpc) is 2.61. The molecular weight excluding hydrogens is 362 g/mol. The molecule has 0 aliphatic carbocycles. The van der Waals surface area contributed by atoms with Crippen LogP contribution in [0.3, 0.4) is 0 Å². The van der Waals surface area contributed by atoms with Crippen LogP contribution in [-0.4, -0.2) is 20.5 Å². The minimum absolute atomic E-state index is 0.0176. The van der Waals surface area contributed by atoms with Crippen LogP contribution in [0.15, 0.2) is 47.4 Å². The van der Waals surface area contributed by atoms with E-state index in [0.717, 1.165) is 22.2 Å². The highest BCUT2D eigenvalue weighted by atomic mass is 32.2. The van der Waals surface area contributed by atoms with Crippen LogP contribution in [0.5, 0.6) is 11.5 Å². The molecule has 0 saturated heterocycles. The Labute approximate surface area is 160 Å². The van der Waals surface area contributed by atoms with Gasteiger partial charge in [0.1, 0.15) is 16.2 Å². The molecule has 0 N–H and O–H groups in total. The second-order valence-corrected chi connectivity index (χ2v) is 8.35. The molecule has 0 radical (unpaired) electrons. The van der Waals surface area contributed by atoms with Crippen molar-refractivity contribution in [1.82, 2.24) is 4.98 Å². The molecule has 0 aliphatic heterocycles. The van der Waals surface area contributed by atoms with E-state index in [0.29, 0.717) is 5.52 Å². The van der Waals surface area contributed by atoms with Gasteiger partial charge in [-0.05, 0) is 55.2 Å². The first-order chi connectivity index (χ1) is 12.7. The van der Waals surface area contributed by atoms with Gasteiger partial charge in [-0.1, -0.05) is 32.0 Å². The van der Waals surface area contributed by atoms with E-state index in [1.165, 1.54) is 7.11 Å². The summed E-state index contributed by atoms with van der Waals surface area (Å²) in [6.45, 7) is 7.82. The zero-order valence-electron chi connectivity index (χ0n) is 16.1. The van der Waals surface area contributed by atoms with Gasteiger partial charge in [0.05, 0.1) is 7.11 Å². The van der Waals surface area contributed by atoms with Gasteiger partial charge < -0.3 is 8.92 Å². The van der Waals surface area contributed by atoms with Crippen LogP contribution < -0.4 is 8.92 Å². The highest BCUT2D eigenvalue weighted by molar-refractivity contribution is 7.87. The van der Waals surface area contributed by atoms with Crippen LogP contribution >= 0.6 is 0 Å². The lowest BCUT2D eigenvalue weighted by molar-refractivity contribution is 0.397. The van der Waals surface area contributed by atoms with Crippen molar-refractivity contribution in [2.45, 2.75) is 38.5 Å². The minimum atomic E-state index is -4.10. The molecule has 2 aromatic carbocycles. The summed E-state index contributed by atoms with van der Waals surface area (Å²) in [6.07, 6.45) is 0. The summed E-state index contributed by atoms with van der Waals surface area (Å²) < 4.78 is 37.0. The summed E-state index contributed by atoms with van der Waals surface area (Å²) in [4.78, 5) is 4.45. The van der Waals surface area contributed by atoms with Crippen LogP contribution in [0.2, 0.25) is 0 Å². The van der Waals surface area contributed by atoms with Gasteiger partial charge in [-0.15, -0.1) is 0 Å². The second-order valence-electron chi connectivity index (χ2n) is 6.83. The fourth-order valence-corrected chi connectivity index (χ4v) is 4.22. The first kappa shape index (κ1) is 19.2. The predicted molar refractivity (Wildman–Crippen MR) is 106 cm³/mol. The van der Waals surface area contributed by atoms with Crippen LogP contribution in [-0.2, 0) is 10.1 Å². The number of ether oxygens (including phenoxy) is 1. The van der Waals surface area contributed by atoms with Crippen molar-refractivity contribution in [2.24, 2.45) is 0 Å². The molecule has 0 amide bonds. The number of hydrogen-bond donors (Lipinski definition) is 0. The van der Waals surface area contributed by atoms with Crippen molar-refractivity contribution in [3.05, 3.63) is 59.3 Å². The lowest BCUT2D eigenvalue weighted by atomic mass is 9.98. The summed E-state index contributed by atoms with van der Waals surface area (Å²) >= 11 is 0. The van der Waals surface area contributed by atoms with E-state index >= 15 is 0 Å². The molecular formula is C21H23NO4S. The third-order valence-corrected chi connectivity index (χ3v) is 5.72. The Kier molecular flexibility index (Phi) is 5.11. The molecule has 0 saturated carbocycles. The Balaban J connectivity index is 2.13. The topological polar surface area (TPSA) is 65.5 Å². The number of pyridine rings is 1. The summed E-state index contributed by atoms with van der Waals surface area (Å²) in [5.74, 6) is 0.637. The summed E-state index contributed by atoms with van der Waals surface area (Å²) in [6, 6.07) is 12.4. The molecule has 1 aromatic heterocycles. The molecule has 0 aliphatic rings. The first-order valence-electron chi connectivity index (χ1n) is 8.72. The normalized spacial score (nSPS) is 11.8. The number of benzene rings is 2. The maximum atomic E-state index is 13.1. The fourth-order valence-electron chi connectivity index (χ4n) is 3.10. The van der Waals surface area contributed by atoms with E-state index in [1.807, 2.05) is 45.9 Å². The number of aryl methyl sites for hydroxylation is 2. The number of nitrogens with zero attached hydrogens (tertiary/aromatic N) is 1. The van der Waals surface area contributed by atoms with E-state index in [-0.39, 0.29) is 22.3 Å². The van der Waals surface area contributed by atoms with Gasteiger partial charge in [-0.3, -0.25) is 0 Å². The molecule has 1 heterocycles. The molecule has 3 aromatic rings. The summed E-state index contributed by atoms with van der Waals surface area (Å²) in [5.41, 5.74) is 3.20. The van der Waals surface area contributed by atoms with E-state index in [1.54, 1.807) is 24.3 Å². The molecule has 0 bridgehead atoms. The van der Waals surface area contributed by atoms with Crippen molar-refractivity contribution < 1.29 is 17.3 Å². The van der Waals surface area contributed by atoms with Crippen LogP contribution in [0.4, 0.5) is 0 Å². The largest absolute Gasteiger partial charge is 0.495 e. The molecule has 0 atom stereocenters. The Bertz CT molecular complexity index is 1100. The smallest absolute Gasteiger partial charge is 0.343 e. The first-order valence-corrected chi connectivity index (χ1v) is 10.1. The number of hydrogen-bond acceptors (Lipinski definition) is 5. The Morgan fingerprint density at radius 2 is 1.74 bits per heavy atom. The van der Waals surface area contributed by atoms with Gasteiger partial charge in [-0.25, -0.2) is 4.98 Å². The van der Waals surface area contributed by atoms with Crippen molar-refractivity contribution in [2.75, 3.05) is 7.11 Å². The summed E-state index contributed by atoms with van der Waals surface area (Å²) in [7, 11) is -2.65. The zero-order valence-corrected chi connectivity index (χ0v) is 16.9. The zero-order chi connectivity index (χ0) is 19.8. The third kappa shape index (κ3) is 3.76. The third-order valence-electron chi connectivity index (χ3n) is 4.47. The van der Waals surface area contributed by atoms with E-state index in [4.69, 9.17) is 8.92 Å². The lowest BCUT2D eigenvalue weighted by Crippen LogP contribution is -2.13. The van der Waals surface area contributed by atoms with Crippen LogP contribution in [0.1, 0.15) is 36.6 Å². The standard InChI is InChI=1S/C21H23NO4S/c1-13(2)17-12-20(19(25-5)11-14(17)3)27(23,24)26-18-8-6-7-16-10-9-15(4)22-21(16)18/h6-13H,1-5H3. The molecule has 5 nitrogen and oxygen atoms in total.